The first-order valence-electron chi connectivity index (χ1n) is 3.52. The predicted octanol–water partition coefficient (Wildman–Crippen LogP) is 0.238. The van der Waals surface area contributed by atoms with Gasteiger partial charge in [-0.2, -0.15) is 15.4 Å². The molecule has 4 N–H and O–H groups in total. The Morgan fingerprint density at radius 1 is 1.46 bits per heavy atom. The summed E-state index contributed by atoms with van der Waals surface area (Å²) in [6.45, 7) is 0. The molecule has 2 rings (SSSR count). The van der Waals surface area contributed by atoms with Gasteiger partial charge in [0.2, 0.25) is 0 Å². The molecule has 2 aromatic rings. The molecule has 0 bridgehead atoms. The van der Waals surface area contributed by atoms with Gasteiger partial charge in [0.25, 0.3) is 0 Å². The van der Waals surface area contributed by atoms with Gasteiger partial charge in [-0.3, -0.25) is 0 Å². The van der Waals surface area contributed by atoms with Crippen molar-refractivity contribution in [3.63, 3.8) is 0 Å². The van der Waals surface area contributed by atoms with E-state index >= 15 is 0 Å². The number of nitrogens with zero attached hydrogens (tertiary/aromatic N) is 2. The number of nitrogens with two attached hydrogens (primary N) is 1. The number of rotatable bonds is 1. The molecule has 1 aromatic carbocycles. The second kappa shape index (κ2) is 2.44. The molecule has 6 heteroatoms. The van der Waals surface area contributed by atoms with Crippen LogP contribution in [0.4, 0.5) is 5.69 Å². The lowest BCUT2D eigenvalue weighted by Crippen LogP contribution is -2.02. The maximum atomic E-state index is 10.6. The van der Waals surface area contributed by atoms with Crippen molar-refractivity contribution < 1.29 is 9.90 Å². The molecule has 6 nitrogen and oxygen atoms in total. The maximum Gasteiger partial charge on any atom is 0.337 e. The van der Waals surface area contributed by atoms with Crippen LogP contribution in [0.3, 0.4) is 0 Å². The molecule has 0 radical (unpaired) electrons. The third-order valence-electron chi connectivity index (χ3n) is 1.76. The molecule has 13 heavy (non-hydrogen) atoms. The molecule has 0 aliphatic rings. The molecule has 1 aromatic heterocycles. The summed E-state index contributed by atoms with van der Waals surface area (Å²) < 4.78 is 0. The summed E-state index contributed by atoms with van der Waals surface area (Å²) in [7, 11) is 0. The highest BCUT2D eigenvalue weighted by Gasteiger charge is 2.12. The fourth-order valence-corrected chi connectivity index (χ4v) is 1.12. The van der Waals surface area contributed by atoms with E-state index in [0.29, 0.717) is 11.0 Å². The van der Waals surface area contributed by atoms with Crippen molar-refractivity contribution >= 4 is 22.7 Å². The minimum atomic E-state index is -1.07. The number of fused-ring (bicyclic) bond motifs is 1. The van der Waals surface area contributed by atoms with Crippen LogP contribution in [0.2, 0.25) is 0 Å². The quantitative estimate of drug-likeness (QED) is 0.542. The van der Waals surface area contributed by atoms with Gasteiger partial charge in [-0.05, 0) is 12.1 Å². The standard InChI is InChI=1S/C7H6N4O2/c8-5-3(7(12)13)1-2-4-6(5)10-11-9-4/h1-2H,8H2,(H,12,13)(H,9,10,11). The van der Waals surface area contributed by atoms with E-state index in [0.717, 1.165) is 0 Å². The number of anilines is 1. The lowest BCUT2D eigenvalue weighted by molar-refractivity contribution is 0.0698. The largest absolute Gasteiger partial charge is 0.478 e. The SMILES string of the molecule is Nc1c(C(=O)O)ccc2n[nH]nc12. The first-order valence-corrected chi connectivity index (χ1v) is 3.52. The third kappa shape index (κ3) is 0.994. The van der Waals surface area contributed by atoms with Gasteiger partial charge in [-0.1, -0.05) is 0 Å². The second-order valence-corrected chi connectivity index (χ2v) is 2.52. The Kier molecular flexibility index (Phi) is 1.42. The highest BCUT2D eigenvalue weighted by molar-refractivity contribution is 6.02. The second-order valence-electron chi connectivity index (χ2n) is 2.52. The van der Waals surface area contributed by atoms with Crippen molar-refractivity contribution in [2.24, 2.45) is 0 Å². The van der Waals surface area contributed by atoms with Crippen LogP contribution in [0.25, 0.3) is 11.0 Å². The van der Waals surface area contributed by atoms with Gasteiger partial charge in [0.1, 0.15) is 11.0 Å². The Morgan fingerprint density at radius 3 is 2.92 bits per heavy atom. The van der Waals surface area contributed by atoms with Crippen LogP contribution >= 0.6 is 0 Å². The summed E-state index contributed by atoms with van der Waals surface area (Å²) in [5, 5.41) is 18.6. The first-order chi connectivity index (χ1) is 6.20. The molecule has 0 aliphatic carbocycles. The zero-order chi connectivity index (χ0) is 9.42. The van der Waals surface area contributed by atoms with Gasteiger partial charge in [0, 0.05) is 0 Å². The summed E-state index contributed by atoms with van der Waals surface area (Å²) in [6, 6.07) is 2.96. The van der Waals surface area contributed by atoms with Gasteiger partial charge >= 0.3 is 5.97 Å². The van der Waals surface area contributed by atoms with E-state index in [1.54, 1.807) is 6.07 Å². The number of H-pyrrole nitrogens is 1. The molecule has 0 atom stereocenters. The molecule has 0 aliphatic heterocycles. The summed E-state index contributed by atoms with van der Waals surface area (Å²) in [6.07, 6.45) is 0. The number of hydrogen-bond acceptors (Lipinski definition) is 4. The Bertz CT molecular complexity index is 476. The monoisotopic (exact) mass is 178 g/mol. The molecule has 0 fully saturated rings. The lowest BCUT2D eigenvalue weighted by Gasteiger charge is -1.98. The van der Waals surface area contributed by atoms with Crippen molar-refractivity contribution in [3.05, 3.63) is 17.7 Å². The van der Waals surface area contributed by atoms with Crippen molar-refractivity contribution in [1.82, 2.24) is 15.4 Å². The molecule has 0 spiro atoms. The summed E-state index contributed by atoms with van der Waals surface area (Å²) in [5.41, 5.74) is 6.69. The Hall–Kier alpha value is -2.11. The number of nitrogen functional groups attached to an aromatic ring is 1. The number of carboxylic acids is 1. The van der Waals surface area contributed by atoms with E-state index in [2.05, 4.69) is 15.4 Å². The van der Waals surface area contributed by atoms with Crippen molar-refractivity contribution in [2.45, 2.75) is 0 Å². The van der Waals surface area contributed by atoms with Crippen LogP contribution in [0.15, 0.2) is 12.1 Å². The summed E-state index contributed by atoms with van der Waals surface area (Å²) >= 11 is 0. The number of aromatic carboxylic acids is 1. The van der Waals surface area contributed by atoms with Crippen molar-refractivity contribution in [2.75, 3.05) is 5.73 Å². The van der Waals surface area contributed by atoms with Gasteiger partial charge in [-0.25, -0.2) is 4.79 Å². The highest BCUT2D eigenvalue weighted by Crippen LogP contribution is 2.20. The normalized spacial score (nSPS) is 10.5. The van der Waals surface area contributed by atoms with Crippen LogP contribution in [0.5, 0.6) is 0 Å². The molecule has 66 valence electrons. The van der Waals surface area contributed by atoms with E-state index in [1.165, 1.54) is 6.07 Å². The molecular weight excluding hydrogens is 172 g/mol. The maximum absolute atomic E-state index is 10.6. The Morgan fingerprint density at radius 2 is 2.23 bits per heavy atom. The average Bonchev–Trinajstić information content (AvgIpc) is 2.52. The van der Waals surface area contributed by atoms with Crippen LogP contribution in [-0.4, -0.2) is 26.5 Å². The van der Waals surface area contributed by atoms with E-state index in [9.17, 15) is 4.79 Å². The van der Waals surface area contributed by atoms with Crippen molar-refractivity contribution in [1.29, 1.82) is 0 Å². The molecule has 0 saturated carbocycles. The van der Waals surface area contributed by atoms with E-state index < -0.39 is 5.97 Å². The fraction of sp³-hybridized carbons (Fsp3) is 0. The smallest absolute Gasteiger partial charge is 0.337 e. The van der Waals surface area contributed by atoms with Crippen LogP contribution in [-0.2, 0) is 0 Å². The van der Waals surface area contributed by atoms with Gasteiger partial charge in [0.15, 0.2) is 0 Å². The molecule has 0 unspecified atom stereocenters. The third-order valence-corrected chi connectivity index (χ3v) is 1.76. The molecule has 1 heterocycles. The lowest BCUT2D eigenvalue weighted by atomic mass is 10.1. The van der Waals surface area contributed by atoms with Gasteiger partial charge in [-0.15, -0.1) is 0 Å². The zero-order valence-electron chi connectivity index (χ0n) is 6.48. The van der Waals surface area contributed by atoms with E-state index in [4.69, 9.17) is 10.8 Å². The Labute approximate surface area is 72.4 Å². The molecule has 0 amide bonds. The average molecular weight is 178 g/mol. The Balaban J connectivity index is 2.80. The number of hydrogen-bond donors (Lipinski definition) is 3. The van der Waals surface area contributed by atoms with Gasteiger partial charge in [0.05, 0.1) is 11.3 Å². The summed E-state index contributed by atoms with van der Waals surface area (Å²) in [5.74, 6) is -1.07. The number of carboxylic acid groups (broad SMARTS) is 1. The van der Waals surface area contributed by atoms with Crippen LogP contribution < -0.4 is 5.73 Å². The summed E-state index contributed by atoms with van der Waals surface area (Å²) in [4.78, 5) is 10.6. The number of aromatic nitrogens is 3. The van der Waals surface area contributed by atoms with E-state index in [1.807, 2.05) is 0 Å². The van der Waals surface area contributed by atoms with Crippen molar-refractivity contribution in [3.8, 4) is 0 Å². The minimum Gasteiger partial charge on any atom is -0.478 e. The number of benzene rings is 1. The number of nitrogens with one attached hydrogen (secondary N) is 1. The fourth-order valence-electron chi connectivity index (χ4n) is 1.12. The van der Waals surface area contributed by atoms with E-state index in [-0.39, 0.29) is 11.3 Å². The van der Waals surface area contributed by atoms with Crippen LogP contribution in [0.1, 0.15) is 10.4 Å². The first kappa shape index (κ1) is 7.53. The van der Waals surface area contributed by atoms with Gasteiger partial charge < -0.3 is 10.8 Å². The topological polar surface area (TPSA) is 105 Å². The number of aromatic amines is 1. The minimum absolute atomic E-state index is 0.0430. The molecule has 0 saturated heterocycles. The molecular formula is C7H6N4O2. The number of carbonyl (C=O) groups is 1. The van der Waals surface area contributed by atoms with Crippen LogP contribution in [0, 0.1) is 0 Å². The zero-order valence-corrected chi connectivity index (χ0v) is 6.48. The predicted molar refractivity (Wildman–Crippen MR) is 45.3 cm³/mol. The highest BCUT2D eigenvalue weighted by atomic mass is 16.4.